The number of hydrogen-bond acceptors (Lipinski definition) is 5. The Balaban J connectivity index is 1.42. The number of nitrogens with zero attached hydrogens (tertiary/aromatic N) is 2. The molecule has 0 radical (unpaired) electrons. The van der Waals surface area contributed by atoms with Gasteiger partial charge in [0.05, 0.1) is 6.20 Å². The molecule has 9 heteroatoms. The fourth-order valence-corrected chi connectivity index (χ4v) is 5.98. The van der Waals surface area contributed by atoms with Gasteiger partial charge in [-0.3, -0.25) is 14.4 Å². The van der Waals surface area contributed by atoms with Crippen LogP contribution in [0.3, 0.4) is 0 Å². The highest BCUT2D eigenvalue weighted by atomic mass is 35.5. The van der Waals surface area contributed by atoms with Gasteiger partial charge in [-0.25, -0.2) is 0 Å². The summed E-state index contributed by atoms with van der Waals surface area (Å²) in [5.41, 5.74) is 1.24. The molecule has 0 bridgehead atoms. The molecule has 2 fully saturated rings. The van der Waals surface area contributed by atoms with E-state index < -0.39 is 18.0 Å². The number of carbonyl (C=O) groups is 3. The summed E-state index contributed by atoms with van der Waals surface area (Å²) in [4.78, 5) is 42.0. The molecule has 39 heavy (non-hydrogen) atoms. The molecule has 0 spiro atoms. The average Bonchev–Trinajstić information content (AvgIpc) is 3.51. The molecule has 4 rings (SSSR count). The van der Waals surface area contributed by atoms with Crippen LogP contribution in [0.5, 0.6) is 0 Å². The van der Waals surface area contributed by atoms with Gasteiger partial charge in [0.2, 0.25) is 17.6 Å². The molecule has 1 aromatic carbocycles. The number of likely N-dealkylation sites (tertiary alicyclic amines) is 1. The van der Waals surface area contributed by atoms with E-state index in [0.29, 0.717) is 31.3 Å². The van der Waals surface area contributed by atoms with Crippen LogP contribution in [0.4, 0.5) is 0 Å². The summed E-state index contributed by atoms with van der Waals surface area (Å²) in [5, 5.41) is 10.2. The van der Waals surface area contributed by atoms with E-state index in [4.69, 9.17) is 16.1 Å². The molecular formula is C30H41ClN4O4. The lowest BCUT2D eigenvalue weighted by atomic mass is 9.84. The molecule has 2 aliphatic rings. The molecule has 3 atom stereocenters. The first kappa shape index (κ1) is 29.1. The molecule has 1 saturated heterocycles. The number of benzene rings is 1. The van der Waals surface area contributed by atoms with Gasteiger partial charge in [0.25, 0.3) is 5.91 Å². The van der Waals surface area contributed by atoms with Crippen molar-refractivity contribution < 1.29 is 18.9 Å². The SMILES string of the molecule is CC[C@H](C)[C@H](NC(=O)[C@H](CC1CCCCC1)NC(=O)c1ccno1)C(=O)N1CCC(c2ccc(Cl)cc2)CC1. The summed E-state index contributed by atoms with van der Waals surface area (Å²) in [6.45, 7) is 5.30. The first-order valence-electron chi connectivity index (χ1n) is 14.4. The first-order valence-corrected chi connectivity index (χ1v) is 14.8. The minimum absolute atomic E-state index is 0.0456. The second-order valence-corrected chi connectivity index (χ2v) is 11.6. The van der Waals surface area contributed by atoms with Crippen molar-refractivity contribution in [1.29, 1.82) is 0 Å². The number of halogens is 1. The smallest absolute Gasteiger partial charge is 0.290 e. The lowest BCUT2D eigenvalue weighted by molar-refractivity contribution is -0.139. The molecule has 1 saturated carbocycles. The fraction of sp³-hybridized carbons (Fsp3) is 0.600. The van der Waals surface area contributed by atoms with Gasteiger partial charge in [0, 0.05) is 24.2 Å². The van der Waals surface area contributed by atoms with Crippen LogP contribution >= 0.6 is 11.6 Å². The van der Waals surface area contributed by atoms with E-state index in [2.05, 4.69) is 27.9 Å². The van der Waals surface area contributed by atoms with Gasteiger partial charge >= 0.3 is 0 Å². The number of rotatable bonds is 10. The van der Waals surface area contributed by atoms with Gasteiger partial charge in [-0.1, -0.05) is 81.3 Å². The van der Waals surface area contributed by atoms with Crippen LogP contribution in [0.2, 0.25) is 5.02 Å². The Bertz CT molecular complexity index is 1080. The standard InChI is InChI=1S/C30H41ClN4O4/c1-3-20(2)27(30(38)35-17-14-23(15-18-35)22-9-11-24(31)12-10-22)34-28(36)25(19-21-7-5-4-6-8-21)33-29(37)26-13-16-32-39-26/h9-13,16,20-21,23,25,27H,3-8,14-15,17-19H2,1-2H3,(H,33,37)(H,34,36)/t20-,25-,27-/m0/s1. The first-order chi connectivity index (χ1) is 18.9. The van der Waals surface area contributed by atoms with Crippen LogP contribution in [-0.2, 0) is 9.59 Å². The van der Waals surface area contributed by atoms with Gasteiger partial charge in [-0.2, -0.15) is 0 Å². The zero-order valence-electron chi connectivity index (χ0n) is 23.0. The van der Waals surface area contributed by atoms with Crippen LogP contribution < -0.4 is 10.6 Å². The zero-order chi connectivity index (χ0) is 27.8. The monoisotopic (exact) mass is 556 g/mol. The number of aromatic nitrogens is 1. The topological polar surface area (TPSA) is 105 Å². The van der Waals surface area contributed by atoms with Crippen LogP contribution in [0.25, 0.3) is 0 Å². The largest absolute Gasteiger partial charge is 0.351 e. The highest BCUT2D eigenvalue weighted by Gasteiger charge is 2.35. The predicted molar refractivity (Wildman–Crippen MR) is 150 cm³/mol. The van der Waals surface area contributed by atoms with Crippen LogP contribution in [0, 0.1) is 11.8 Å². The van der Waals surface area contributed by atoms with Gasteiger partial charge < -0.3 is 20.1 Å². The van der Waals surface area contributed by atoms with Crippen molar-refractivity contribution in [3.63, 3.8) is 0 Å². The molecule has 2 aromatic rings. The Hall–Kier alpha value is -2.87. The summed E-state index contributed by atoms with van der Waals surface area (Å²) in [6.07, 6.45) is 9.98. The molecule has 0 unspecified atom stereocenters. The zero-order valence-corrected chi connectivity index (χ0v) is 23.8. The highest BCUT2D eigenvalue weighted by Crippen LogP contribution is 2.30. The predicted octanol–water partition coefficient (Wildman–Crippen LogP) is 5.33. The molecule has 8 nitrogen and oxygen atoms in total. The Morgan fingerprint density at radius 3 is 2.33 bits per heavy atom. The van der Waals surface area contributed by atoms with Gasteiger partial charge in [0.1, 0.15) is 12.1 Å². The van der Waals surface area contributed by atoms with E-state index in [1.54, 1.807) is 0 Å². The van der Waals surface area contributed by atoms with Crippen LogP contribution in [0.15, 0.2) is 41.1 Å². The summed E-state index contributed by atoms with van der Waals surface area (Å²) >= 11 is 6.05. The van der Waals surface area contributed by atoms with Gasteiger partial charge in [0.15, 0.2) is 0 Å². The van der Waals surface area contributed by atoms with Gasteiger partial charge in [-0.05, 0) is 54.7 Å². The van der Waals surface area contributed by atoms with E-state index in [-0.39, 0.29) is 23.5 Å². The van der Waals surface area contributed by atoms with Crippen molar-refractivity contribution in [2.24, 2.45) is 11.8 Å². The number of carbonyl (C=O) groups excluding carboxylic acids is 3. The van der Waals surface area contributed by atoms with E-state index in [9.17, 15) is 14.4 Å². The summed E-state index contributed by atoms with van der Waals surface area (Å²) in [6, 6.07) is 8.02. The van der Waals surface area contributed by atoms with E-state index in [0.717, 1.165) is 50.0 Å². The van der Waals surface area contributed by atoms with Crippen LogP contribution in [0.1, 0.15) is 93.7 Å². The molecular weight excluding hydrogens is 516 g/mol. The molecule has 2 heterocycles. The molecule has 1 aliphatic heterocycles. The Kier molecular flexibility index (Phi) is 10.4. The minimum Gasteiger partial charge on any atom is -0.351 e. The van der Waals surface area contributed by atoms with Gasteiger partial charge in [-0.15, -0.1) is 0 Å². The average molecular weight is 557 g/mol. The van der Waals surface area contributed by atoms with Crippen molar-refractivity contribution in [2.75, 3.05) is 13.1 Å². The molecule has 3 amide bonds. The third-order valence-electron chi connectivity index (χ3n) is 8.50. The van der Waals surface area contributed by atoms with Crippen molar-refractivity contribution >= 4 is 29.3 Å². The van der Waals surface area contributed by atoms with E-state index >= 15 is 0 Å². The maximum Gasteiger partial charge on any atom is 0.290 e. The highest BCUT2D eigenvalue weighted by molar-refractivity contribution is 6.30. The lowest BCUT2D eigenvalue weighted by Crippen LogP contribution is -2.57. The number of hydrogen-bond donors (Lipinski definition) is 2. The normalized spacial score (nSPS) is 19.2. The molecule has 1 aromatic heterocycles. The quantitative estimate of drug-likeness (QED) is 0.411. The Labute approximate surface area is 236 Å². The molecule has 1 aliphatic carbocycles. The number of amides is 3. The molecule has 212 valence electrons. The fourth-order valence-electron chi connectivity index (χ4n) is 5.85. The number of piperidine rings is 1. The maximum atomic E-state index is 13.7. The third kappa shape index (κ3) is 7.84. The van der Waals surface area contributed by atoms with Crippen molar-refractivity contribution in [3.8, 4) is 0 Å². The van der Waals surface area contributed by atoms with Crippen LogP contribution in [-0.4, -0.2) is 53.0 Å². The molecule has 2 N–H and O–H groups in total. The Morgan fingerprint density at radius 1 is 1.03 bits per heavy atom. The minimum atomic E-state index is -0.749. The van der Waals surface area contributed by atoms with Crippen molar-refractivity contribution in [2.45, 2.75) is 89.6 Å². The van der Waals surface area contributed by atoms with Crippen molar-refractivity contribution in [1.82, 2.24) is 20.7 Å². The number of nitrogens with one attached hydrogen (secondary N) is 2. The van der Waals surface area contributed by atoms with Crippen molar-refractivity contribution in [3.05, 3.63) is 52.9 Å². The maximum absolute atomic E-state index is 13.7. The third-order valence-corrected chi connectivity index (χ3v) is 8.75. The summed E-state index contributed by atoms with van der Waals surface area (Å²) in [5.74, 6) is -0.0823. The second kappa shape index (κ2) is 14.0. The van der Waals surface area contributed by atoms with E-state index in [1.165, 1.54) is 24.2 Å². The summed E-state index contributed by atoms with van der Waals surface area (Å²) < 4.78 is 5.01. The Morgan fingerprint density at radius 2 is 1.72 bits per heavy atom. The second-order valence-electron chi connectivity index (χ2n) is 11.2. The summed E-state index contributed by atoms with van der Waals surface area (Å²) in [7, 11) is 0. The lowest BCUT2D eigenvalue weighted by Gasteiger charge is -2.36. The van der Waals surface area contributed by atoms with E-state index in [1.807, 2.05) is 30.9 Å².